The summed E-state index contributed by atoms with van der Waals surface area (Å²) in [4.78, 5) is 39.4. The van der Waals surface area contributed by atoms with E-state index in [2.05, 4.69) is 11.9 Å². The van der Waals surface area contributed by atoms with Crippen molar-refractivity contribution < 1.29 is 14.0 Å². The lowest BCUT2D eigenvalue weighted by Gasteiger charge is -2.32. The van der Waals surface area contributed by atoms with Crippen molar-refractivity contribution in [3.05, 3.63) is 83.2 Å². The van der Waals surface area contributed by atoms with Gasteiger partial charge in [-0.05, 0) is 30.1 Å². The molecule has 3 aromatic rings. The van der Waals surface area contributed by atoms with Crippen molar-refractivity contribution >= 4 is 40.3 Å². The topological polar surface area (TPSA) is 79.6 Å². The lowest BCUT2D eigenvalue weighted by molar-refractivity contribution is -0.118. The minimum atomic E-state index is -1.08. The van der Waals surface area contributed by atoms with Crippen molar-refractivity contribution in [2.75, 3.05) is 11.9 Å². The quantitative estimate of drug-likeness (QED) is 0.416. The monoisotopic (exact) mass is 392 g/mol. The molecule has 0 saturated heterocycles. The number of hydrogen-bond donors (Lipinski definition) is 1. The summed E-state index contributed by atoms with van der Waals surface area (Å²) < 4.78 is 7.08. The van der Waals surface area contributed by atoms with E-state index in [0.717, 1.165) is 4.90 Å². The van der Waals surface area contributed by atoms with E-state index in [1.54, 1.807) is 46.8 Å². The van der Waals surface area contributed by atoms with Crippen LogP contribution in [0.4, 0.5) is 5.69 Å². The third kappa shape index (κ3) is 3.15. The van der Waals surface area contributed by atoms with E-state index in [1.165, 1.54) is 18.2 Å². The summed E-state index contributed by atoms with van der Waals surface area (Å²) in [7, 11) is 0. The standard InChI is InChI=1S/C21H16N2O4S/c1-2-11-23-18(20(25)14-8-4-6-10-17(14)28-23)21(26)22-15-12-27-16-9-5-3-7-13(16)19(15)24/h2-10,12,18H,1,11H2,(H,22,26). The second-order valence-corrected chi connectivity index (χ2v) is 7.30. The molecular formula is C21H16N2O4S. The van der Waals surface area contributed by atoms with E-state index in [1.807, 2.05) is 12.1 Å². The van der Waals surface area contributed by atoms with Gasteiger partial charge in [0.25, 0.3) is 5.91 Å². The number of nitrogens with one attached hydrogen (secondary N) is 1. The number of anilines is 1. The van der Waals surface area contributed by atoms with Crippen LogP contribution < -0.4 is 10.7 Å². The second kappa shape index (κ2) is 7.46. The van der Waals surface area contributed by atoms with Gasteiger partial charge in [-0.15, -0.1) is 6.58 Å². The van der Waals surface area contributed by atoms with Crippen molar-refractivity contribution in [2.45, 2.75) is 10.9 Å². The number of hydrogen-bond acceptors (Lipinski definition) is 6. The zero-order chi connectivity index (χ0) is 19.7. The normalized spacial score (nSPS) is 16.6. The number of amides is 1. The van der Waals surface area contributed by atoms with Gasteiger partial charge in [0.1, 0.15) is 17.5 Å². The molecule has 1 aromatic heterocycles. The predicted octanol–water partition coefficient (Wildman–Crippen LogP) is 3.49. The van der Waals surface area contributed by atoms with Crippen LogP contribution >= 0.6 is 11.9 Å². The van der Waals surface area contributed by atoms with E-state index in [-0.39, 0.29) is 16.9 Å². The van der Waals surface area contributed by atoms with Crippen LogP contribution in [-0.4, -0.2) is 28.6 Å². The van der Waals surface area contributed by atoms with Gasteiger partial charge in [0.2, 0.25) is 5.43 Å². The first-order valence-electron chi connectivity index (χ1n) is 8.60. The molecule has 2 heterocycles. The molecule has 4 rings (SSSR count). The molecule has 1 atom stereocenters. The molecule has 1 N–H and O–H groups in total. The highest BCUT2D eigenvalue weighted by molar-refractivity contribution is 7.97. The van der Waals surface area contributed by atoms with E-state index in [0.29, 0.717) is 23.1 Å². The van der Waals surface area contributed by atoms with Crippen LogP contribution in [0.1, 0.15) is 10.4 Å². The van der Waals surface area contributed by atoms with E-state index in [4.69, 9.17) is 4.42 Å². The van der Waals surface area contributed by atoms with Crippen molar-refractivity contribution in [3.8, 4) is 0 Å². The maximum absolute atomic E-state index is 13.0. The van der Waals surface area contributed by atoms with Crippen LogP contribution in [0.2, 0.25) is 0 Å². The van der Waals surface area contributed by atoms with Gasteiger partial charge in [-0.2, -0.15) is 0 Å². The van der Waals surface area contributed by atoms with Crippen LogP contribution in [-0.2, 0) is 4.79 Å². The van der Waals surface area contributed by atoms with Crippen molar-refractivity contribution in [3.63, 3.8) is 0 Å². The molecule has 6 nitrogen and oxygen atoms in total. The molecule has 0 aliphatic carbocycles. The summed E-state index contributed by atoms with van der Waals surface area (Å²) in [5, 5.41) is 2.93. The average Bonchev–Trinajstić information content (AvgIpc) is 2.71. The highest BCUT2D eigenvalue weighted by Crippen LogP contribution is 2.35. The Labute approximate surface area is 165 Å². The van der Waals surface area contributed by atoms with Crippen molar-refractivity contribution in [1.82, 2.24) is 4.31 Å². The zero-order valence-electron chi connectivity index (χ0n) is 14.8. The second-order valence-electron chi connectivity index (χ2n) is 6.21. The van der Waals surface area contributed by atoms with Gasteiger partial charge in [0.15, 0.2) is 11.8 Å². The summed E-state index contributed by atoms with van der Waals surface area (Å²) in [5.74, 6) is -0.907. The number of rotatable bonds is 4. The maximum Gasteiger partial charge on any atom is 0.250 e. The smallest absolute Gasteiger partial charge is 0.250 e. The summed E-state index contributed by atoms with van der Waals surface area (Å²) in [6.07, 6.45) is 2.83. The average molecular weight is 392 g/mol. The van der Waals surface area contributed by atoms with E-state index >= 15 is 0 Å². The molecule has 1 aliphatic rings. The van der Waals surface area contributed by atoms with Crippen LogP contribution in [0.5, 0.6) is 0 Å². The minimum Gasteiger partial charge on any atom is -0.462 e. The molecule has 140 valence electrons. The molecule has 1 unspecified atom stereocenters. The first-order chi connectivity index (χ1) is 13.6. The fourth-order valence-corrected chi connectivity index (χ4v) is 4.23. The molecule has 0 radical (unpaired) electrons. The van der Waals surface area contributed by atoms with Gasteiger partial charge >= 0.3 is 0 Å². The van der Waals surface area contributed by atoms with Crippen LogP contribution in [0.3, 0.4) is 0 Å². The molecule has 1 amide bonds. The molecule has 7 heteroatoms. The number of carbonyl (C=O) groups excluding carboxylic acids is 2. The molecule has 0 saturated carbocycles. The third-order valence-electron chi connectivity index (χ3n) is 4.40. The van der Waals surface area contributed by atoms with Gasteiger partial charge < -0.3 is 9.73 Å². The SMILES string of the molecule is C=CCN1Sc2ccccc2C(=O)C1C(=O)Nc1coc2ccccc2c1=O. The Bertz CT molecular complexity index is 1150. The first kappa shape index (κ1) is 18.2. The maximum atomic E-state index is 13.0. The summed E-state index contributed by atoms with van der Waals surface area (Å²) >= 11 is 1.32. The Morgan fingerprint density at radius 2 is 1.93 bits per heavy atom. The summed E-state index contributed by atoms with van der Waals surface area (Å²) in [6, 6.07) is 12.8. The number of carbonyl (C=O) groups is 2. The van der Waals surface area contributed by atoms with Crippen LogP contribution in [0.25, 0.3) is 11.0 Å². The number of Topliss-reactive ketones (excluding diaryl/α,β-unsaturated/α-hetero) is 1. The van der Waals surface area contributed by atoms with Gasteiger partial charge in [-0.3, -0.25) is 14.4 Å². The van der Waals surface area contributed by atoms with Gasteiger partial charge in [0, 0.05) is 17.0 Å². The summed E-state index contributed by atoms with van der Waals surface area (Å²) in [5.41, 5.74) is 0.552. The van der Waals surface area contributed by atoms with E-state index < -0.39 is 11.9 Å². The summed E-state index contributed by atoms with van der Waals surface area (Å²) in [6.45, 7) is 4.03. The number of nitrogens with zero attached hydrogens (tertiary/aromatic N) is 1. The van der Waals surface area contributed by atoms with Gasteiger partial charge in [0.05, 0.1) is 5.39 Å². The number of fused-ring (bicyclic) bond motifs is 2. The molecule has 28 heavy (non-hydrogen) atoms. The highest BCUT2D eigenvalue weighted by Gasteiger charge is 2.39. The third-order valence-corrected chi connectivity index (χ3v) is 5.55. The fraction of sp³-hybridized carbons (Fsp3) is 0.0952. The van der Waals surface area contributed by atoms with E-state index in [9.17, 15) is 14.4 Å². The van der Waals surface area contributed by atoms with Crippen LogP contribution in [0.15, 0.2) is 81.6 Å². The van der Waals surface area contributed by atoms with Crippen molar-refractivity contribution in [1.29, 1.82) is 0 Å². The largest absolute Gasteiger partial charge is 0.462 e. The zero-order valence-corrected chi connectivity index (χ0v) is 15.6. The van der Waals surface area contributed by atoms with Gasteiger partial charge in [-0.1, -0.05) is 36.4 Å². The Kier molecular flexibility index (Phi) is 4.85. The molecule has 2 aromatic carbocycles. The first-order valence-corrected chi connectivity index (χ1v) is 9.37. The molecule has 0 bridgehead atoms. The predicted molar refractivity (Wildman–Crippen MR) is 108 cm³/mol. The Morgan fingerprint density at radius 1 is 1.18 bits per heavy atom. The Morgan fingerprint density at radius 3 is 2.75 bits per heavy atom. The number of para-hydroxylation sites is 1. The lowest BCUT2D eigenvalue weighted by atomic mass is 10.0. The fourth-order valence-electron chi connectivity index (χ4n) is 3.09. The number of benzene rings is 2. The molecule has 1 aliphatic heterocycles. The minimum absolute atomic E-state index is 0.00101. The van der Waals surface area contributed by atoms with Crippen LogP contribution in [0, 0.1) is 0 Å². The van der Waals surface area contributed by atoms with Gasteiger partial charge in [-0.25, -0.2) is 4.31 Å². The van der Waals surface area contributed by atoms with Crippen molar-refractivity contribution in [2.24, 2.45) is 0 Å². The molecular weight excluding hydrogens is 376 g/mol. The lowest BCUT2D eigenvalue weighted by Crippen LogP contribution is -2.48. The Hall–Kier alpha value is -3.16. The molecule has 0 fully saturated rings. The highest BCUT2D eigenvalue weighted by atomic mass is 32.2. The molecule has 0 spiro atoms. The Balaban J connectivity index is 1.68. The number of ketones is 1.